The summed E-state index contributed by atoms with van der Waals surface area (Å²) < 4.78 is 42.7. The van der Waals surface area contributed by atoms with Gasteiger partial charge >= 0.3 is 6.18 Å². The van der Waals surface area contributed by atoms with Crippen molar-refractivity contribution in [2.75, 3.05) is 13.2 Å². The van der Waals surface area contributed by atoms with E-state index in [9.17, 15) is 13.2 Å². The van der Waals surface area contributed by atoms with Crippen molar-refractivity contribution in [3.8, 4) is 0 Å². The number of guanidine groups is 1. The Bertz CT molecular complexity index is 733. The van der Waals surface area contributed by atoms with Gasteiger partial charge in [0.15, 0.2) is 11.8 Å². The van der Waals surface area contributed by atoms with Gasteiger partial charge in [-0.05, 0) is 18.1 Å². The number of hydrogen-bond donors (Lipinski definition) is 2. The molecule has 0 aliphatic rings. The van der Waals surface area contributed by atoms with Gasteiger partial charge in [0.05, 0.1) is 19.7 Å². The molecule has 0 radical (unpaired) electrons. The fraction of sp³-hybridized carbons (Fsp3) is 0.471. The molecule has 0 atom stereocenters. The van der Waals surface area contributed by atoms with Crippen molar-refractivity contribution < 1.29 is 17.9 Å². The maximum atomic E-state index is 12.1. The number of hydrogen-bond acceptors (Lipinski definition) is 4. The van der Waals surface area contributed by atoms with Gasteiger partial charge < -0.3 is 19.9 Å². The Balaban J connectivity index is 0.00000392. The van der Waals surface area contributed by atoms with Gasteiger partial charge in [0.1, 0.15) is 12.9 Å². The van der Waals surface area contributed by atoms with Crippen molar-refractivity contribution >= 4 is 29.9 Å². The van der Waals surface area contributed by atoms with Crippen LogP contribution in [-0.4, -0.2) is 40.1 Å². The van der Waals surface area contributed by atoms with E-state index >= 15 is 0 Å². The van der Waals surface area contributed by atoms with Crippen LogP contribution in [-0.2, 0) is 31.5 Å². The summed E-state index contributed by atoms with van der Waals surface area (Å²) in [6, 6.07) is 7.12. The highest BCUT2D eigenvalue weighted by Gasteiger charge is 2.27. The van der Waals surface area contributed by atoms with E-state index < -0.39 is 12.8 Å². The molecular weight excluding hydrogens is 488 g/mol. The molecule has 0 amide bonds. The zero-order valence-corrected chi connectivity index (χ0v) is 18.0. The molecule has 0 aliphatic heterocycles. The number of rotatable bonds is 8. The van der Waals surface area contributed by atoms with Gasteiger partial charge in [0.25, 0.3) is 0 Å². The molecule has 1 aromatic heterocycles. The maximum absolute atomic E-state index is 12.1. The molecule has 0 bridgehead atoms. The first-order chi connectivity index (χ1) is 12.9. The second-order valence-electron chi connectivity index (χ2n) is 5.83. The fourth-order valence-electron chi connectivity index (χ4n) is 2.17. The number of benzene rings is 1. The van der Waals surface area contributed by atoms with Crippen molar-refractivity contribution in [1.82, 2.24) is 25.4 Å². The summed E-state index contributed by atoms with van der Waals surface area (Å²) in [4.78, 5) is 4.49. The second-order valence-corrected chi connectivity index (χ2v) is 5.83. The van der Waals surface area contributed by atoms with Crippen LogP contribution in [0.3, 0.4) is 0 Å². The lowest BCUT2D eigenvalue weighted by atomic mass is 10.1. The standard InChI is InChI=1S/C17H23F3N6O.HI/c1-3-21-16(23-9-15-25-24-12-26(15)2)22-8-13-4-6-14(7-5-13)10-27-11-17(18,19)20;/h4-7,12H,3,8-11H2,1-2H3,(H2,21,22,23);1H. The Hall–Kier alpha value is -1.89. The van der Waals surface area contributed by atoms with E-state index in [1.54, 1.807) is 18.5 Å². The molecule has 0 fully saturated rings. The molecule has 156 valence electrons. The van der Waals surface area contributed by atoms with E-state index in [1.807, 2.05) is 30.7 Å². The van der Waals surface area contributed by atoms with Crippen LogP contribution in [0.1, 0.15) is 23.9 Å². The molecule has 0 aliphatic carbocycles. The van der Waals surface area contributed by atoms with Gasteiger partial charge in [-0.25, -0.2) is 4.99 Å². The summed E-state index contributed by atoms with van der Waals surface area (Å²) >= 11 is 0. The number of aryl methyl sites for hydroxylation is 1. The molecular formula is C17H24F3IN6O. The highest BCUT2D eigenvalue weighted by atomic mass is 127. The molecule has 11 heteroatoms. The lowest BCUT2D eigenvalue weighted by Gasteiger charge is -2.11. The average molecular weight is 512 g/mol. The van der Waals surface area contributed by atoms with Crippen molar-refractivity contribution in [1.29, 1.82) is 0 Å². The van der Waals surface area contributed by atoms with Crippen LogP contribution in [0.25, 0.3) is 0 Å². The molecule has 28 heavy (non-hydrogen) atoms. The van der Waals surface area contributed by atoms with Crippen molar-refractivity contribution in [2.24, 2.45) is 12.0 Å². The molecule has 1 aromatic carbocycles. The van der Waals surface area contributed by atoms with Crippen molar-refractivity contribution in [3.05, 3.63) is 47.5 Å². The fourth-order valence-corrected chi connectivity index (χ4v) is 2.17. The van der Waals surface area contributed by atoms with Gasteiger partial charge in [-0.2, -0.15) is 13.2 Å². The highest BCUT2D eigenvalue weighted by molar-refractivity contribution is 14.0. The molecule has 0 spiro atoms. The topological polar surface area (TPSA) is 76.4 Å². The number of nitrogens with one attached hydrogen (secondary N) is 2. The number of alkyl halides is 3. The molecule has 1 heterocycles. The van der Waals surface area contributed by atoms with E-state index in [0.717, 1.165) is 11.4 Å². The second kappa shape index (κ2) is 11.8. The van der Waals surface area contributed by atoms with Crippen molar-refractivity contribution in [3.63, 3.8) is 0 Å². The summed E-state index contributed by atoms with van der Waals surface area (Å²) in [6.07, 6.45) is -2.68. The van der Waals surface area contributed by atoms with Gasteiger partial charge in [-0.15, -0.1) is 34.2 Å². The Morgan fingerprint density at radius 1 is 1.18 bits per heavy atom. The Kier molecular flexibility index (Phi) is 10.2. The largest absolute Gasteiger partial charge is 0.411 e. The summed E-state index contributed by atoms with van der Waals surface area (Å²) in [6.45, 7) is 2.26. The van der Waals surface area contributed by atoms with E-state index in [4.69, 9.17) is 0 Å². The first kappa shape index (κ1) is 24.1. The monoisotopic (exact) mass is 512 g/mol. The van der Waals surface area contributed by atoms with Crippen LogP contribution in [0.15, 0.2) is 35.6 Å². The lowest BCUT2D eigenvalue weighted by molar-refractivity contribution is -0.176. The quantitative estimate of drug-likeness (QED) is 0.324. The zero-order chi connectivity index (χ0) is 19.7. The first-order valence-electron chi connectivity index (χ1n) is 8.44. The van der Waals surface area contributed by atoms with E-state index in [0.29, 0.717) is 31.2 Å². The molecule has 2 aromatic rings. The van der Waals surface area contributed by atoms with Crippen LogP contribution in [0.2, 0.25) is 0 Å². The summed E-state index contributed by atoms with van der Waals surface area (Å²) in [5, 5.41) is 14.1. The molecule has 7 nitrogen and oxygen atoms in total. The Morgan fingerprint density at radius 3 is 2.43 bits per heavy atom. The van der Waals surface area contributed by atoms with E-state index in [-0.39, 0.29) is 30.6 Å². The lowest BCUT2D eigenvalue weighted by Crippen LogP contribution is -2.37. The smallest absolute Gasteiger partial charge is 0.367 e. The van der Waals surface area contributed by atoms with Gasteiger partial charge in [0.2, 0.25) is 0 Å². The van der Waals surface area contributed by atoms with Crippen molar-refractivity contribution in [2.45, 2.75) is 32.8 Å². The third-order valence-corrected chi connectivity index (χ3v) is 3.54. The predicted molar refractivity (Wildman–Crippen MR) is 110 cm³/mol. The number of aliphatic imine (C=N–C) groups is 1. The normalized spacial score (nSPS) is 11.8. The predicted octanol–water partition coefficient (Wildman–Crippen LogP) is 2.77. The third-order valence-electron chi connectivity index (χ3n) is 3.54. The summed E-state index contributed by atoms with van der Waals surface area (Å²) in [5.41, 5.74) is 1.62. The number of halogens is 4. The third kappa shape index (κ3) is 8.87. The van der Waals surface area contributed by atoms with Gasteiger partial charge in [-0.1, -0.05) is 24.3 Å². The molecule has 0 saturated carbocycles. The maximum Gasteiger partial charge on any atom is 0.411 e. The van der Waals surface area contributed by atoms with Crippen LogP contribution >= 0.6 is 24.0 Å². The van der Waals surface area contributed by atoms with Gasteiger partial charge in [0, 0.05) is 13.6 Å². The van der Waals surface area contributed by atoms with Crippen LogP contribution < -0.4 is 10.6 Å². The molecule has 0 saturated heterocycles. The SMILES string of the molecule is CCNC(=NCc1ccc(COCC(F)(F)F)cc1)NCc1nncn1C.I. The molecule has 2 rings (SSSR count). The minimum atomic E-state index is -4.31. The highest BCUT2D eigenvalue weighted by Crippen LogP contribution is 2.16. The first-order valence-corrected chi connectivity index (χ1v) is 8.44. The minimum absolute atomic E-state index is 0. The van der Waals surface area contributed by atoms with Gasteiger partial charge in [-0.3, -0.25) is 0 Å². The number of nitrogens with zero attached hydrogens (tertiary/aromatic N) is 4. The van der Waals surface area contributed by atoms with Crippen LogP contribution in [0.4, 0.5) is 13.2 Å². The van der Waals surface area contributed by atoms with Crippen LogP contribution in [0, 0.1) is 0 Å². The molecule has 2 N–H and O–H groups in total. The van der Waals surface area contributed by atoms with Crippen LogP contribution in [0.5, 0.6) is 0 Å². The average Bonchev–Trinajstić information content (AvgIpc) is 3.02. The molecule has 0 unspecified atom stereocenters. The van der Waals surface area contributed by atoms with E-state index in [1.165, 1.54) is 0 Å². The zero-order valence-electron chi connectivity index (χ0n) is 15.7. The minimum Gasteiger partial charge on any atom is -0.367 e. The Morgan fingerprint density at radius 2 is 1.86 bits per heavy atom. The summed E-state index contributed by atoms with van der Waals surface area (Å²) in [7, 11) is 1.86. The summed E-state index contributed by atoms with van der Waals surface area (Å²) in [5.74, 6) is 1.42. The number of ether oxygens (including phenoxy) is 1. The Labute approximate surface area is 178 Å². The van der Waals surface area contributed by atoms with E-state index in [2.05, 4.69) is 30.6 Å². The number of aromatic nitrogens is 3.